The Labute approximate surface area is 137 Å². The summed E-state index contributed by atoms with van der Waals surface area (Å²) in [5, 5.41) is 5.15. The molecule has 1 heterocycles. The van der Waals surface area contributed by atoms with Gasteiger partial charge in [0.15, 0.2) is 0 Å². The van der Waals surface area contributed by atoms with E-state index in [4.69, 9.17) is 0 Å². The second-order valence-corrected chi connectivity index (χ2v) is 6.84. The van der Waals surface area contributed by atoms with Crippen LogP contribution in [0.4, 0.5) is 0 Å². The predicted molar refractivity (Wildman–Crippen MR) is 90.8 cm³/mol. The zero-order valence-corrected chi connectivity index (χ0v) is 14.4. The number of halogens is 1. The molecule has 5 heteroatoms. The van der Waals surface area contributed by atoms with E-state index in [0.717, 1.165) is 22.2 Å². The van der Waals surface area contributed by atoms with E-state index in [2.05, 4.69) is 46.9 Å². The van der Waals surface area contributed by atoms with E-state index in [1.165, 1.54) is 4.88 Å². The van der Waals surface area contributed by atoms with Crippen LogP contribution < -0.4 is 5.32 Å². The van der Waals surface area contributed by atoms with Crippen LogP contribution in [-0.4, -0.2) is 5.91 Å². The highest BCUT2D eigenvalue weighted by Crippen LogP contribution is 2.25. The van der Waals surface area contributed by atoms with Crippen LogP contribution in [0, 0.1) is 0 Å². The maximum atomic E-state index is 12.4. The highest BCUT2D eigenvalue weighted by Gasteiger charge is 2.17. The predicted octanol–water partition coefficient (Wildman–Crippen LogP) is 5.07. The number of carbonyl (C=O) groups excluding carboxylic acids is 1. The Bertz CT molecular complexity index is 584. The summed E-state index contributed by atoms with van der Waals surface area (Å²) in [7, 11) is 0. The van der Waals surface area contributed by atoms with Gasteiger partial charge in [-0.25, -0.2) is 0 Å². The minimum Gasteiger partial charge on any atom is -0.344 e. The van der Waals surface area contributed by atoms with Gasteiger partial charge >= 0.3 is 0 Å². The summed E-state index contributed by atoms with van der Waals surface area (Å²) in [6.07, 6.45) is 1.96. The van der Waals surface area contributed by atoms with E-state index in [9.17, 15) is 4.79 Å². The van der Waals surface area contributed by atoms with E-state index >= 15 is 0 Å². The molecule has 0 saturated heterocycles. The van der Waals surface area contributed by atoms with Crippen LogP contribution in [0.2, 0.25) is 0 Å². The minimum absolute atomic E-state index is 0.0698. The highest BCUT2D eigenvalue weighted by atomic mass is 79.9. The fraction of sp³-hybridized carbons (Fsp3) is 0.267. The van der Waals surface area contributed by atoms with Crippen molar-refractivity contribution >= 4 is 45.8 Å². The third kappa shape index (κ3) is 3.87. The molecule has 2 aromatic rings. The number of rotatable bonds is 5. The molecule has 106 valence electrons. The number of benzene rings is 1. The first-order valence-corrected chi connectivity index (χ1v) is 8.56. The lowest BCUT2D eigenvalue weighted by atomic mass is 10.1. The molecular weight excluding hydrogens is 354 g/mol. The second kappa shape index (κ2) is 7.29. The van der Waals surface area contributed by atoms with Crippen molar-refractivity contribution in [3.8, 4) is 0 Å². The molecule has 2 rings (SSSR count). The summed E-state index contributed by atoms with van der Waals surface area (Å²) >= 11 is 9.38. The van der Waals surface area contributed by atoms with Gasteiger partial charge in [0.25, 0.3) is 5.91 Å². The lowest BCUT2D eigenvalue weighted by Gasteiger charge is -2.17. The number of hydrogen-bond donors (Lipinski definition) is 2. The molecule has 0 spiro atoms. The molecule has 1 aromatic carbocycles. The second-order valence-electron chi connectivity index (χ2n) is 4.49. The van der Waals surface area contributed by atoms with Crippen LogP contribution in [0.15, 0.2) is 45.1 Å². The van der Waals surface area contributed by atoms with Gasteiger partial charge < -0.3 is 5.32 Å². The third-order valence-corrected chi connectivity index (χ3v) is 4.92. The Hall–Kier alpha value is -0.780. The quantitative estimate of drug-likeness (QED) is 0.707. The molecule has 0 fully saturated rings. The number of thiol groups is 1. The van der Waals surface area contributed by atoms with Gasteiger partial charge in [-0.05, 0) is 52.0 Å². The van der Waals surface area contributed by atoms with Gasteiger partial charge in [0.05, 0.1) is 11.6 Å². The number of carbonyl (C=O) groups is 1. The Morgan fingerprint density at radius 2 is 2.25 bits per heavy atom. The Balaban J connectivity index is 2.18. The van der Waals surface area contributed by atoms with E-state index in [1.807, 2.05) is 23.6 Å². The van der Waals surface area contributed by atoms with Crippen molar-refractivity contribution in [3.63, 3.8) is 0 Å². The maximum absolute atomic E-state index is 12.4. The van der Waals surface area contributed by atoms with Crippen LogP contribution in [0.3, 0.4) is 0 Å². The molecule has 20 heavy (non-hydrogen) atoms. The van der Waals surface area contributed by atoms with E-state index in [-0.39, 0.29) is 11.9 Å². The average Bonchev–Trinajstić information content (AvgIpc) is 2.95. The third-order valence-electron chi connectivity index (χ3n) is 2.96. The van der Waals surface area contributed by atoms with Gasteiger partial charge in [-0.1, -0.05) is 19.4 Å². The lowest BCUT2D eigenvalue weighted by molar-refractivity contribution is 0.0934. The van der Waals surface area contributed by atoms with E-state index in [1.54, 1.807) is 17.4 Å². The summed E-state index contributed by atoms with van der Waals surface area (Å²) in [4.78, 5) is 14.4. The van der Waals surface area contributed by atoms with Crippen molar-refractivity contribution in [3.05, 3.63) is 50.6 Å². The molecule has 0 bridgehead atoms. The SMILES string of the molecule is CCCC(NC(=O)c1cc(S)ccc1Br)c1cccs1. The van der Waals surface area contributed by atoms with Crippen LogP contribution >= 0.6 is 39.9 Å². The largest absolute Gasteiger partial charge is 0.344 e. The Morgan fingerprint density at radius 1 is 1.45 bits per heavy atom. The number of amides is 1. The van der Waals surface area contributed by atoms with Gasteiger partial charge in [-0.3, -0.25) is 4.79 Å². The van der Waals surface area contributed by atoms with Crippen molar-refractivity contribution in [2.45, 2.75) is 30.7 Å². The number of hydrogen-bond acceptors (Lipinski definition) is 3. The molecule has 1 atom stereocenters. The molecular formula is C15H16BrNOS2. The van der Waals surface area contributed by atoms with Crippen LogP contribution in [0.5, 0.6) is 0 Å². The molecule has 0 aliphatic carbocycles. The molecule has 0 radical (unpaired) electrons. The first-order chi connectivity index (χ1) is 9.61. The first-order valence-electron chi connectivity index (χ1n) is 6.44. The highest BCUT2D eigenvalue weighted by molar-refractivity contribution is 9.10. The van der Waals surface area contributed by atoms with Gasteiger partial charge in [0.2, 0.25) is 0 Å². The summed E-state index contributed by atoms with van der Waals surface area (Å²) in [5.41, 5.74) is 0.621. The van der Waals surface area contributed by atoms with Crippen molar-refractivity contribution in [1.82, 2.24) is 5.32 Å². The van der Waals surface area contributed by atoms with Crippen molar-refractivity contribution in [1.29, 1.82) is 0 Å². The summed E-state index contributed by atoms with van der Waals surface area (Å²) in [6, 6.07) is 9.63. The zero-order valence-electron chi connectivity index (χ0n) is 11.1. The fourth-order valence-corrected chi connectivity index (χ4v) is 3.43. The fourth-order valence-electron chi connectivity index (χ4n) is 1.99. The van der Waals surface area contributed by atoms with Gasteiger partial charge in [0, 0.05) is 14.2 Å². The Kier molecular flexibility index (Phi) is 5.69. The van der Waals surface area contributed by atoms with Crippen LogP contribution in [0.1, 0.15) is 41.0 Å². The van der Waals surface area contributed by atoms with Gasteiger partial charge in [-0.2, -0.15) is 0 Å². The normalized spacial score (nSPS) is 12.2. The minimum atomic E-state index is -0.0698. The molecule has 1 N–H and O–H groups in total. The molecule has 1 amide bonds. The zero-order chi connectivity index (χ0) is 14.5. The summed E-state index contributed by atoms with van der Waals surface area (Å²) < 4.78 is 0.786. The monoisotopic (exact) mass is 369 g/mol. The smallest absolute Gasteiger partial charge is 0.252 e. The maximum Gasteiger partial charge on any atom is 0.252 e. The standard InChI is InChI=1S/C15H16BrNOS2/c1-2-4-13(14-5-3-8-20-14)17-15(18)11-9-10(19)6-7-12(11)16/h3,5-9,13,19H,2,4H2,1H3,(H,17,18). The van der Waals surface area contributed by atoms with Gasteiger partial charge in [0.1, 0.15) is 0 Å². The van der Waals surface area contributed by atoms with Crippen LogP contribution in [-0.2, 0) is 0 Å². The number of thiophene rings is 1. The summed E-state index contributed by atoms with van der Waals surface area (Å²) in [5.74, 6) is -0.0698. The topological polar surface area (TPSA) is 29.1 Å². The van der Waals surface area contributed by atoms with Crippen LogP contribution in [0.25, 0.3) is 0 Å². The van der Waals surface area contributed by atoms with Crippen molar-refractivity contribution in [2.24, 2.45) is 0 Å². The number of nitrogens with one attached hydrogen (secondary N) is 1. The molecule has 2 nitrogen and oxygen atoms in total. The molecule has 0 saturated carbocycles. The van der Waals surface area contributed by atoms with E-state index < -0.39 is 0 Å². The van der Waals surface area contributed by atoms with E-state index in [0.29, 0.717) is 5.56 Å². The molecule has 0 aliphatic rings. The van der Waals surface area contributed by atoms with Gasteiger partial charge in [-0.15, -0.1) is 24.0 Å². The van der Waals surface area contributed by atoms with Crippen molar-refractivity contribution < 1.29 is 4.79 Å². The first kappa shape index (κ1) is 15.6. The molecule has 1 aromatic heterocycles. The average molecular weight is 370 g/mol. The Morgan fingerprint density at radius 3 is 2.90 bits per heavy atom. The molecule has 0 aliphatic heterocycles. The lowest BCUT2D eigenvalue weighted by Crippen LogP contribution is -2.28. The summed E-state index contributed by atoms with van der Waals surface area (Å²) in [6.45, 7) is 2.12. The van der Waals surface area contributed by atoms with Crippen molar-refractivity contribution in [2.75, 3.05) is 0 Å². The molecule has 1 unspecified atom stereocenters.